The number of hydrogen-bond donors (Lipinski definition) is 0. The summed E-state index contributed by atoms with van der Waals surface area (Å²) in [5, 5.41) is 3.67. The summed E-state index contributed by atoms with van der Waals surface area (Å²) in [7, 11) is 0. The monoisotopic (exact) mass is 248 g/mol. The number of benzene rings is 2. The molecule has 72 valence electrons. The maximum absolute atomic E-state index is 3.52. The van der Waals surface area contributed by atoms with Crippen LogP contribution in [0, 0.1) is 0 Å². The molecule has 0 aliphatic carbocycles. The zero-order valence-corrected chi connectivity index (χ0v) is 9.79. The summed E-state index contributed by atoms with van der Waals surface area (Å²) in [6.07, 6.45) is 0. The third-order valence-corrected chi connectivity index (χ3v) is 3.55. The maximum Gasteiger partial charge on any atom is 0.00975 e. The van der Waals surface area contributed by atoms with E-state index < -0.39 is 0 Å². The predicted molar refractivity (Wildman–Crippen MR) is 66.2 cm³/mol. The molecule has 0 bridgehead atoms. The summed E-state index contributed by atoms with van der Waals surface area (Å²) >= 11 is 3.52. The van der Waals surface area contributed by atoms with Crippen LogP contribution in [-0.4, -0.2) is 5.33 Å². The summed E-state index contributed by atoms with van der Waals surface area (Å²) in [6, 6.07) is 15.2. The minimum absolute atomic E-state index is 0.583. The lowest BCUT2D eigenvalue weighted by Gasteiger charge is -2.08. The highest BCUT2D eigenvalue weighted by Gasteiger charge is 2.03. The van der Waals surface area contributed by atoms with E-state index in [2.05, 4.69) is 65.3 Å². The first-order valence-corrected chi connectivity index (χ1v) is 5.98. The molecular formula is C13H13Br. The van der Waals surface area contributed by atoms with Crippen molar-refractivity contribution in [2.75, 3.05) is 5.33 Å². The van der Waals surface area contributed by atoms with Crippen molar-refractivity contribution in [1.82, 2.24) is 0 Å². The normalized spacial score (nSPS) is 13.0. The molecule has 0 fully saturated rings. The number of hydrogen-bond acceptors (Lipinski definition) is 0. The lowest BCUT2D eigenvalue weighted by atomic mass is 9.99. The molecule has 0 radical (unpaired) electrons. The topological polar surface area (TPSA) is 0 Å². The van der Waals surface area contributed by atoms with E-state index in [0.29, 0.717) is 5.92 Å². The van der Waals surface area contributed by atoms with Gasteiger partial charge in [-0.05, 0) is 22.3 Å². The van der Waals surface area contributed by atoms with E-state index in [1.165, 1.54) is 16.3 Å². The molecule has 1 heteroatoms. The Morgan fingerprint density at radius 3 is 2.50 bits per heavy atom. The Morgan fingerprint density at radius 1 is 1.07 bits per heavy atom. The fourth-order valence-corrected chi connectivity index (χ4v) is 1.98. The molecule has 0 saturated heterocycles. The second-order valence-electron chi connectivity index (χ2n) is 3.66. The molecule has 0 heterocycles. The standard InChI is InChI=1S/C13H13Br/c1-10(9-14)12-7-6-11-4-2-3-5-13(11)8-12/h2-8,10H,9H2,1H3. The molecule has 2 rings (SSSR count). The summed E-state index contributed by atoms with van der Waals surface area (Å²) in [4.78, 5) is 0. The van der Waals surface area contributed by atoms with Crippen LogP contribution < -0.4 is 0 Å². The van der Waals surface area contributed by atoms with Gasteiger partial charge in [0.15, 0.2) is 0 Å². The van der Waals surface area contributed by atoms with Crippen molar-refractivity contribution in [3.8, 4) is 0 Å². The fourth-order valence-electron chi connectivity index (χ4n) is 1.60. The van der Waals surface area contributed by atoms with Gasteiger partial charge >= 0.3 is 0 Å². The minimum atomic E-state index is 0.583. The van der Waals surface area contributed by atoms with Gasteiger partial charge < -0.3 is 0 Å². The van der Waals surface area contributed by atoms with Gasteiger partial charge in [0.05, 0.1) is 0 Å². The van der Waals surface area contributed by atoms with Gasteiger partial charge in [0.1, 0.15) is 0 Å². The summed E-state index contributed by atoms with van der Waals surface area (Å²) in [5.41, 5.74) is 1.40. The highest BCUT2D eigenvalue weighted by Crippen LogP contribution is 2.22. The molecular weight excluding hydrogens is 236 g/mol. The molecule has 0 nitrogen and oxygen atoms in total. The summed E-state index contributed by atoms with van der Waals surface area (Å²) in [5.74, 6) is 0.583. The molecule has 0 amide bonds. The third kappa shape index (κ3) is 1.83. The fraction of sp³-hybridized carbons (Fsp3) is 0.231. The van der Waals surface area contributed by atoms with Gasteiger partial charge in [0.25, 0.3) is 0 Å². The van der Waals surface area contributed by atoms with Gasteiger partial charge in [0, 0.05) is 5.33 Å². The van der Waals surface area contributed by atoms with Crippen LogP contribution in [0.15, 0.2) is 42.5 Å². The number of halogens is 1. The van der Waals surface area contributed by atoms with Crippen molar-refractivity contribution in [3.63, 3.8) is 0 Å². The van der Waals surface area contributed by atoms with Gasteiger partial charge in [-0.25, -0.2) is 0 Å². The molecule has 1 unspecified atom stereocenters. The van der Waals surface area contributed by atoms with E-state index in [1.807, 2.05) is 0 Å². The molecule has 14 heavy (non-hydrogen) atoms. The Kier molecular flexibility index (Phi) is 2.87. The van der Waals surface area contributed by atoms with E-state index in [-0.39, 0.29) is 0 Å². The van der Waals surface area contributed by atoms with Crippen LogP contribution in [0.2, 0.25) is 0 Å². The van der Waals surface area contributed by atoms with Crippen LogP contribution in [0.5, 0.6) is 0 Å². The Bertz CT molecular complexity index is 434. The van der Waals surface area contributed by atoms with E-state index >= 15 is 0 Å². The maximum atomic E-state index is 3.52. The van der Waals surface area contributed by atoms with E-state index in [9.17, 15) is 0 Å². The van der Waals surface area contributed by atoms with Crippen LogP contribution >= 0.6 is 15.9 Å². The second kappa shape index (κ2) is 4.14. The smallest absolute Gasteiger partial charge is 0.00975 e. The summed E-state index contributed by atoms with van der Waals surface area (Å²) in [6.45, 7) is 2.23. The highest BCUT2D eigenvalue weighted by atomic mass is 79.9. The molecule has 2 aromatic carbocycles. The Balaban J connectivity index is 2.51. The van der Waals surface area contributed by atoms with Crippen LogP contribution in [-0.2, 0) is 0 Å². The van der Waals surface area contributed by atoms with Gasteiger partial charge in [-0.15, -0.1) is 0 Å². The average molecular weight is 249 g/mol. The molecule has 0 aliphatic heterocycles. The first kappa shape index (κ1) is 9.72. The van der Waals surface area contributed by atoms with Gasteiger partial charge in [-0.1, -0.05) is 65.3 Å². The first-order valence-electron chi connectivity index (χ1n) is 4.86. The van der Waals surface area contributed by atoms with Crippen LogP contribution in [0.1, 0.15) is 18.4 Å². The van der Waals surface area contributed by atoms with Crippen LogP contribution in [0.25, 0.3) is 10.8 Å². The SMILES string of the molecule is CC(CBr)c1ccc2ccccc2c1. The van der Waals surface area contributed by atoms with Crippen molar-refractivity contribution < 1.29 is 0 Å². The molecule has 0 aromatic heterocycles. The lowest BCUT2D eigenvalue weighted by molar-refractivity contribution is 0.890. The molecule has 0 saturated carbocycles. The lowest BCUT2D eigenvalue weighted by Crippen LogP contribution is -1.93. The van der Waals surface area contributed by atoms with E-state index in [4.69, 9.17) is 0 Å². The second-order valence-corrected chi connectivity index (χ2v) is 4.31. The molecule has 0 aliphatic rings. The van der Waals surface area contributed by atoms with Crippen molar-refractivity contribution in [1.29, 1.82) is 0 Å². The van der Waals surface area contributed by atoms with Crippen molar-refractivity contribution in [2.45, 2.75) is 12.8 Å². The Labute approximate surface area is 93.1 Å². The molecule has 1 atom stereocenters. The predicted octanol–water partition coefficient (Wildman–Crippen LogP) is 4.34. The van der Waals surface area contributed by atoms with Gasteiger partial charge in [0.2, 0.25) is 0 Å². The van der Waals surface area contributed by atoms with E-state index in [0.717, 1.165) is 5.33 Å². The quantitative estimate of drug-likeness (QED) is 0.694. The van der Waals surface area contributed by atoms with Crippen LogP contribution in [0.3, 0.4) is 0 Å². The summed E-state index contributed by atoms with van der Waals surface area (Å²) < 4.78 is 0. The first-order chi connectivity index (χ1) is 6.81. The third-order valence-electron chi connectivity index (χ3n) is 2.57. The Hall–Kier alpha value is -0.820. The molecule has 0 spiro atoms. The molecule has 2 aromatic rings. The Morgan fingerprint density at radius 2 is 1.79 bits per heavy atom. The van der Waals surface area contributed by atoms with E-state index in [1.54, 1.807) is 0 Å². The average Bonchev–Trinajstić information content (AvgIpc) is 2.27. The van der Waals surface area contributed by atoms with Gasteiger partial charge in [-0.3, -0.25) is 0 Å². The number of alkyl halides is 1. The highest BCUT2D eigenvalue weighted by molar-refractivity contribution is 9.09. The van der Waals surface area contributed by atoms with Gasteiger partial charge in [-0.2, -0.15) is 0 Å². The van der Waals surface area contributed by atoms with Crippen molar-refractivity contribution in [2.24, 2.45) is 0 Å². The molecule has 0 N–H and O–H groups in total. The van der Waals surface area contributed by atoms with Crippen molar-refractivity contribution >= 4 is 26.7 Å². The zero-order chi connectivity index (χ0) is 9.97. The number of fused-ring (bicyclic) bond motifs is 1. The minimum Gasteiger partial charge on any atom is -0.0922 e. The zero-order valence-electron chi connectivity index (χ0n) is 8.20. The number of rotatable bonds is 2. The van der Waals surface area contributed by atoms with Crippen LogP contribution in [0.4, 0.5) is 0 Å². The largest absolute Gasteiger partial charge is 0.0922 e. The van der Waals surface area contributed by atoms with Crippen molar-refractivity contribution in [3.05, 3.63) is 48.0 Å².